The third kappa shape index (κ3) is 5.44. The molecule has 0 atom stereocenters. The number of nitrogens with one attached hydrogen (secondary N) is 1. The zero-order chi connectivity index (χ0) is 28.3. The quantitative estimate of drug-likeness (QED) is 0.303. The highest BCUT2D eigenvalue weighted by molar-refractivity contribution is 6.05. The first-order valence-corrected chi connectivity index (χ1v) is 12.1. The summed E-state index contributed by atoms with van der Waals surface area (Å²) < 4.78 is 21.1. The number of aromatic nitrogens is 1. The highest BCUT2D eigenvalue weighted by Gasteiger charge is 2.18. The molecule has 8 nitrogen and oxygen atoms in total. The Morgan fingerprint density at radius 2 is 1.67 bits per heavy atom. The average molecular weight is 530 g/mol. The number of amides is 1. The molecule has 3 aromatic carbocycles. The molecule has 0 radical (unpaired) electrons. The van der Waals surface area contributed by atoms with Crippen molar-refractivity contribution in [1.82, 2.24) is 4.57 Å². The van der Waals surface area contributed by atoms with Crippen molar-refractivity contribution in [2.24, 2.45) is 5.73 Å². The first-order valence-electron chi connectivity index (χ1n) is 12.1. The van der Waals surface area contributed by atoms with Crippen molar-refractivity contribution >= 4 is 17.6 Å². The van der Waals surface area contributed by atoms with Crippen molar-refractivity contribution in [1.29, 1.82) is 0 Å². The Hall–Kier alpha value is -4.76. The van der Waals surface area contributed by atoms with Crippen LogP contribution in [0, 0.1) is 19.7 Å². The molecule has 0 bridgehead atoms. The molecule has 0 aliphatic carbocycles. The molecule has 1 aromatic heterocycles. The number of pyridine rings is 1. The van der Waals surface area contributed by atoms with Gasteiger partial charge in [0.1, 0.15) is 23.7 Å². The molecule has 0 saturated heterocycles. The molecule has 9 heteroatoms. The van der Waals surface area contributed by atoms with E-state index in [1.165, 1.54) is 31.5 Å². The second-order valence-corrected chi connectivity index (χ2v) is 9.00. The van der Waals surface area contributed by atoms with Gasteiger partial charge in [0.2, 0.25) is 0 Å². The largest absolute Gasteiger partial charge is 0.496 e. The predicted molar refractivity (Wildman–Crippen MR) is 147 cm³/mol. The number of carboxylic acids is 1. The first kappa shape index (κ1) is 27.3. The third-order valence-corrected chi connectivity index (χ3v) is 6.67. The molecule has 0 aliphatic rings. The van der Waals surface area contributed by atoms with Gasteiger partial charge in [-0.05, 0) is 77.6 Å². The number of nitrogens with zero attached hydrogens (tertiary/aromatic N) is 1. The van der Waals surface area contributed by atoms with Gasteiger partial charge in [0.15, 0.2) is 0 Å². The summed E-state index contributed by atoms with van der Waals surface area (Å²) in [5.41, 5.74) is 10.5. The zero-order valence-corrected chi connectivity index (χ0v) is 21.7. The van der Waals surface area contributed by atoms with Crippen LogP contribution in [0.3, 0.4) is 0 Å². The van der Waals surface area contributed by atoms with Crippen molar-refractivity contribution in [3.8, 4) is 28.0 Å². The zero-order valence-electron chi connectivity index (χ0n) is 21.7. The average Bonchev–Trinajstić information content (AvgIpc) is 2.90. The molecule has 1 amide bonds. The summed E-state index contributed by atoms with van der Waals surface area (Å²) >= 11 is 0. The van der Waals surface area contributed by atoms with Crippen LogP contribution >= 0.6 is 0 Å². The molecule has 200 valence electrons. The van der Waals surface area contributed by atoms with Gasteiger partial charge in [0, 0.05) is 24.0 Å². The van der Waals surface area contributed by atoms with E-state index in [0.717, 1.165) is 32.4 Å². The van der Waals surface area contributed by atoms with Crippen LogP contribution in [0.4, 0.5) is 10.1 Å². The Bertz CT molecular complexity index is 1640. The Morgan fingerprint density at radius 3 is 2.33 bits per heavy atom. The molecule has 0 fully saturated rings. The van der Waals surface area contributed by atoms with Crippen LogP contribution in [0.1, 0.15) is 27.0 Å². The lowest BCUT2D eigenvalue weighted by Gasteiger charge is -2.17. The smallest absolute Gasteiger partial charge is 0.323 e. The minimum Gasteiger partial charge on any atom is -0.496 e. The van der Waals surface area contributed by atoms with E-state index in [4.69, 9.17) is 15.6 Å². The molecule has 0 saturated carbocycles. The fraction of sp³-hybridized carbons (Fsp3) is 0.167. The van der Waals surface area contributed by atoms with Crippen LogP contribution in [0.15, 0.2) is 71.7 Å². The summed E-state index contributed by atoms with van der Waals surface area (Å²) in [6, 6.07) is 17.1. The molecular weight excluding hydrogens is 501 g/mol. The molecule has 0 unspecified atom stereocenters. The fourth-order valence-electron chi connectivity index (χ4n) is 4.62. The minimum atomic E-state index is -1.19. The van der Waals surface area contributed by atoms with Gasteiger partial charge < -0.3 is 25.5 Å². The van der Waals surface area contributed by atoms with E-state index in [-0.39, 0.29) is 12.1 Å². The number of methoxy groups -OCH3 is 1. The molecular formula is C30H28FN3O5. The molecule has 39 heavy (non-hydrogen) atoms. The molecule has 4 aromatic rings. The van der Waals surface area contributed by atoms with Crippen molar-refractivity contribution in [3.05, 3.63) is 105 Å². The number of aliphatic carboxylic acids is 1. The van der Waals surface area contributed by atoms with Crippen LogP contribution in [0.2, 0.25) is 0 Å². The monoisotopic (exact) mass is 529 g/mol. The summed E-state index contributed by atoms with van der Waals surface area (Å²) in [5.74, 6) is -1.90. The van der Waals surface area contributed by atoms with Crippen molar-refractivity contribution in [2.45, 2.75) is 26.9 Å². The Morgan fingerprint density at radius 1 is 1.00 bits per heavy atom. The summed E-state index contributed by atoms with van der Waals surface area (Å²) in [6.07, 6.45) is 1.32. The number of carboxylic acid groups (broad SMARTS) is 1. The normalized spacial score (nSPS) is 10.8. The number of hydrogen-bond donors (Lipinski definition) is 3. The van der Waals surface area contributed by atoms with Crippen LogP contribution in [0.25, 0.3) is 22.3 Å². The van der Waals surface area contributed by atoms with Crippen LogP contribution < -0.4 is 21.3 Å². The second-order valence-electron chi connectivity index (χ2n) is 9.00. The van der Waals surface area contributed by atoms with Gasteiger partial charge in [0.25, 0.3) is 11.5 Å². The van der Waals surface area contributed by atoms with Gasteiger partial charge in [-0.25, -0.2) is 4.39 Å². The number of hydrogen-bond acceptors (Lipinski definition) is 5. The van der Waals surface area contributed by atoms with Gasteiger partial charge in [-0.3, -0.25) is 14.4 Å². The number of halogens is 1. The number of anilines is 1. The summed E-state index contributed by atoms with van der Waals surface area (Å²) in [6.45, 7) is 3.26. The number of rotatable bonds is 8. The molecule has 4 rings (SSSR count). The van der Waals surface area contributed by atoms with Gasteiger partial charge in [-0.2, -0.15) is 0 Å². The molecule has 0 aliphatic heterocycles. The first-order chi connectivity index (χ1) is 18.7. The third-order valence-electron chi connectivity index (χ3n) is 6.67. The number of ether oxygens (including phenoxy) is 1. The van der Waals surface area contributed by atoms with E-state index in [0.29, 0.717) is 22.6 Å². The molecule has 4 N–H and O–H groups in total. The van der Waals surface area contributed by atoms with Crippen LogP contribution in [0.5, 0.6) is 5.75 Å². The van der Waals surface area contributed by atoms with E-state index in [1.807, 2.05) is 38.1 Å². The number of nitrogens with two attached hydrogens (primary N) is 1. The Labute approximate surface area is 224 Å². The van der Waals surface area contributed by atoms with Gasteiger partial charge in [0.05, 0.1) is 7.11 Å². The lowest BCUT2D eigenvalue weighted by molar-refractivity contribution is -0.137. The highest BCUT2D eigenvalue weighted by atomic mass is 19.1. The number of benzene rings is 3. The van der Waals surface area contributed by atoms with Crippen molar-refractivity contribution in [2.75, 3.05) is 12.4 Å². The topological polar surface area (TPSA) is 124 Å². The summed E-state index contributed by atoms with van der Waals surface area (Å²) in [5, 5.41) is 11.8. The lowest BCUT2D eigenvalue weighted by atomic mass is 9.90. The SMILES string of the molecule is COc1cc(-c2cccc(-c3cccc(NC(=O)c4cccn(CC(=O)O)c4=O)c3C)c2C)cc(F)c1CN. The Kier molecular flexibility index (Phi) is 7.92. The van der Waals surface area contributed by atoms with E-state index >= 15 is 0 Å². The van der Waals surface area contributed by atoms with E-state index in [2.05, 4.69) is 5.32 Å². The van der Waals surface area contributed by atoms with Crippen molar-refractivity contribution in [3.63, 3.8) is 0 Å². The summed E-state index contributed by atoms with van der Waals surface area (Å²) in [4.78, 5) is 36.7. The standard InChI is InChI=1S/C30H28FN3O5/c1-17-20(19-13-25(31)24(15-32)27(14-19)39-3)7-4-8-21(17)22-9-5-11-26(18(22)2)33-29(37)23-10-6-12-34(30(23)38)16-28(35)36/h4-14H,15-16,32H2,1-3H3,(H,33,37)(H,35,36). The van der Waals surface area contributed by atoms with E-state index in [9.17, 15) is 18.8 Å². The van der Waals surface area contributed by atoms with Crippen LogP contribution in [-0.2, 0) is 17.9 Å². The molecule has 1 heterocycles. The number of carbonyl (C=O) groups excluding carboxylic acids is 1. The van der Waals surface area contributed by atoms with E-state index < -0.39 is 29.8 Å². The fourth-order valence-corrected chi connectivity index (χ4v) is 4.62. The maximum atomic E-state index is 14.8. The van der Waals surface area contributed by atoms with Gasteiger partial charge in [-0.15, -0.1) is 0 Å². The van der Waals surface area contributed by atoms with Gasteiger partial charge in [-0.1, -0.05) is 30.3 Å². The van der Waals surface area contributed by atoms with Gasteiger partial charge >= 0.3 is 5.97 Å². The predicted octanol–water partition coefficient (Wildman–Crippen LogP) is 4.74. The van der Waals surface area contributed by atoms with Crippen molar-refractivity contribution < 1.29 is 23.8 Å². The van der Waals surface area contributed by atoms with E-state index in [1.54, 1.807) is 18.2 Å². The summed E-state index contributed by atoms with van der Waals surface area (Å²) in [7, 11) is 1.47. The second kappa shape index (κ2) is 11.3. The minimum absolute atomic E-state index is 0.0163. The molecule has 0 spiro atoms. The number of carbonyl (C=O) groups is 2. The maximum absolute atomic E-state index is 14.8. The Balaban J connectivity index is 1.72. The van der Waals surface area contributed by atoms with Crippen LogP contribution in [-0.4, -0.2) is 28.7 Å². The lowest BCUT2D eigenvalue weighted by Crippen LogP contribution is -2.30. The highest BCUT2D eigenvalue weighted by Crippen LogP contribution is 2.37. The maximum Gasteiger partial charge on any atom is 0.323 e.